The summed E-state index contributed by atoms with van der Waals surface area (Å²) in [5, 5.41) is 0. The van der Waals surface area contributed by atoms with E-state index in [4.69, 9.17) is 15.2 Å². The van der Waals surface area contributed by atoms with Gasteiger partial charge in [-0.25, -0.2) is 0 Å². The number of benzene rings is 1. The lowest BCUT2D eigenvalue weighted by molar-refractivity contribution is -0.0100. The highest BCUT2D eigenvalue weighted by Crippen LogP contribution is 2.19. The molecule has 0 spiro atoms. The van der Waals surface area contributed by atoms with E-state index >= 15 is 0 Å². The number of ether oxygens (including phenoxy) is 2. The van der Waals surface area contributed by atoms with Gasteiger partial charge in [-0.3, -0.25) is 0 Å². The Morgan fingerprint density at radius 3 is 2.88 bits per heavy atom. The number of anilines is 2. The van der Waals surface area contributed by atoms with Crippen molar-refractivity contribution in [3.8, 4) is 0 Å². The van der Waals surface area contributed by atoms with Gasteiger partial charge in [-0.05, 0) is 24.3 Å². The van der Waals surface area contributed by atoms with E-state index in [1.54, 1.807) is 7.11 Å². The molecule has 2 N–H and O–H groups in total. The van der Waals surface area contributed by atoms with Crippen LogP contribution in [0.15, 0.2) is 24.3 Å². The van der Waals surface area contributed by atoms with E-state index in [-0.39, 0.29) is 6.10 Å². The maximum atomic E-state index is 5.67. The van der Waals surface area contributed by atoms with Gasteiger partial charge in [0.1, 0.15) is 0 Å². The van der Waals surface area contributed by atoms with Crippen LogP contribution < -0.4 is 10.6 Å². The summed E-state index contributed by atoms with van der Waals surface area (Å²) in [6.07, 6.45) is 0.163. The zero-order valence-corrected chi connectivity index (χ0v) is 9.56. The summed E-state index contributed by atoms with van der Waals surface area (Å²) in [5.41, 5.74) is 7.66. The zero-order chi connectivity index (χ0) is 11.4. The van der Waals surface area contributed by atoms with Crippen molar-refractivity contribution in [2.24, 2.45) is 0 Å². The highest BCUT2D eigenvalue weighted by molar-refractivity contribution is 5.53. The molecule has 1 heterocycles. The fourth-order valence-electron chi connectivity index (χ4n) is 1.93. The van der Waals surface area contributed by atoms with Crippen molar-refractivity contribution < 1.29 is 9.47 Å². The molecule has 0 amide bonds. The highest BCUT2D eigenvalue weighted by atomic mass is 16.5. The molecule has 1 aromatic carbocycles. The van der Waals surface area contributed by atoms with Crippen LogP contribution in [0.5, 0.6) is 0 Å². The van der Waals surface area contributed by atoms with Gasteiger partial charge in [0.05, 0.1) is 19.3 Å². The molecule has 0 aliphatic carbocycles. The van der Waals surface area contributed by atoms with E-state index < -0.39 is 0 Å². The molecule has 16 heavy (non-hydrogen) atoms. The second-order valence-electron chi connectivity index (χ2n) is 3.99. The third-order valence-corrected chi connectivity index (χ3v) is 2.75. The third-order valence-electron chi connectivity index (χ3n) is 2.75. The molecule has 2 rings (SSSR count). The largest absolute Gasteiger partial charge is 0.399 e. The Labute approximate surface area is 95.9 Å². The Morgan fingerprint density at radius 1 is 1.44 bits per heavy atom. The second-order valence-corrected chi connectivity index (χ2v) is 3.99. The summed E-state index contributed by atoms with van der Waals surface area (Å²) >= 11 is 0. The van der Waals surface area contributed by atoms with Crippen LogP contribution in [-0.2, 0) is 9.47 Å². The molecule has 88 valence electrons. The Kier molecular flexibility index (Phi) is 3.64. The minimum atomic E-state index is 0.163. The molecule has 1 atom stereocenters. The number of rotatable bonds is 3. The van der Waals surface area contributed by atoms with Crippen LogP contribution in [0.25, 0.3) is 0 Å². The first-order chi connectivity index (χ1) is 7.79. The molecule has 0 unspecified atom stereocenters. The normalized spacial score (nSPS) is 21.1. The van der Waals surface area contributed by atoms with Crippen LogP contribution in [0.3, 0.4) is 0 Å². The number of hydrogen-bond donors (Lipinski definition) is 1. The lowest BCUT2D eigenvalue weighted by atomic mass is 10.2. The zero-order valence-electron chi connectivity index (χ0n) is 9.56. The minimum Gasteiger partial charge on any atom is -0.399 e. The number of nitrogens with two attached hydrogens (primary N) is 1. The molecule has 0 bridgehead atoms. The van der Waals surface area contributed by atoms with Crippen molar-refractivity contribution in [3.63, 3.8) is 0 Å². The molecule has 1 aliphatic rings. The summed E-state index contributed by atoms with van der Waals surface area (Å²) in [7, 11) is 1.70. The fraction of sp³-hybridized carbons (Fsp3) is 0.500. The molecular formula is C12H18N2O2. The summed E-state index contributed by atoms with van der Waals surface area (Å²) in [6, 6.07) is 7.95. The summed E-state index contributed by atoms with van der Waals surface area (Å²) in [4.78, 5) is 2.30. The number of methoxy groups -OCH3 is 1. The molecule has 0 aromatic heterocycles. The third kappa shape index (κ3) is 2.65. The predicted molar refractivity (Wildman–Crippen MR) is 64.7 cm³/mol. The molecule has 1 aliphatic heterocycles. The van der Waals surface area contributed by atoms with E-state index in [9.17, 15) is 0 Å². The number of morpholine rings is 1. The van der Waals surface area contributed by atoms with Crippen molar-refractivity contribution in [2.75, 3.05) is 44.0 Å². The van der Waals surface area contributed by atoms with Gasteiger partial charge in [0, 0.05) is 31.6 Å². The van der Waals surface area contributed by atoms with Crippen LogP contribution in [0.1, 0.15) is 0 Å². The molecule has 1 fully saturated rings. The van der Waals surface area contributed by atoms with E-state index in [2.05, 4.69) is 4.90 Å². The second kappa shape index (κ2) is 5.18. The summed E-state index contributed by atoms with van der Waals surface area (Å²) in [5.74, 6) is 0. The predicted octanol–water partition coefficient (Wildman–Crippen LogP) is 1.12. The van der Waals surface area contributed by atoms with Gasteiger partial charge in [0.25, 0.3) is 0 Å². The first kappa shape index (κ1) is 11.2. The minimum absolute atomic E-state index is 0.163. The Morgan fingerprint density at radius 2 is 2.19 bits per heavy atom. The van der Waals surface area contributed by atoms with E-state index in [1.807, 2.05) is 24.3 Å². The fourth-order valence-corrected chi connectivity index (χ4v) is 1.93. The first-order valence-corrected chi connectivity index (χ1v) is 5.50. The molecule has 1 aromatic rings. The standard InChI is InChI=1S/C12H18N2O2/c1-15-9-12-8-14(6-7-16-12)11-4-2-10(13)3-5-11/h2-5,12H,6-9,13H2,1H3/t12-/m0/s1. The Hall–Kier alpha value is -1.26. The number of nitrogen functional groups attached to an aromatic ring is 1. The van der Waals surface area contributed by atoms with Crippen molar-refractivity contribution in [2.45, 2.75) is 6.10 Å². The molecule has 4 heteroatoms. The first-order valence-electron chi connectivity index (χ1n) is 5.50. The van der Waals surface area contributed by atoms with Crippen molar-refractivity contribution in [3.05, 3.63) is 24.3 Å². The lowest BCUT2D eigenvalue weighted by Crippen LogP contribution is -2.44. The maximum Gasteiger partial charge on any atom is 0.0983 e. The molecular weight excluding hydrogens is 204 g/mol. The van der Waals surface area contributed by atoms with Gasteiger partial charge < -0.3 is 20.1 Å². The van der Waals surface area contributed by atoms with Crippen LogP contribution in [0.2, 0.25) is 0 Å². The molecule has 1 saturated heterocycles. The number of hydrogen-bond acceptors (Lipinski definition) is 4. The van der Waals surface area contributed by atoms with E-state index in [0.29, 0.717) is 6.61 Å². The maximum absolute atomic E-state index is 5.67. The molecule has 4 nitrogen and oxygen atoms in total. The quantitative estimate of drug-likeness (QED) is 0.779. The van der Waals surface area contributed by atoms with Gasteiger partial charge in [-0.1, -0.05) is 0 Å². The van der Waals surface area contributed by atoms with Gasteiger partial charge in [-0.2, -0.15) is 0 Å². The van der Waals surface area contributed by atoms with Crippen LogP contribution in [0.4, 0.5) is 11.4 Å². The summed E-state index contributed by atoms with van der Waals surface area (Å²) in [6.45, 7) is 3.19. The van der Waals surface area contributed by atoms with Gasteiger partial charge in [-0.15, -0.1) is 0 Å². The van der Waals surface area contributed by atoms with E-state index in [1.165, 1.54) is 5.69 Å². The van der Waals surface area contributed by atoms with Crippen LogP contribution in [-0.4, -0.2) is 39.5 Å². The molecule has 0 radical (unpaired) electrons. The van der Waals surface area contributed by atoms with Crippen molar-refractivity contribution in [1.82, 2.24) is 0 Å². The van der Waals surface area contributed by atoms with Gasteiger partial charge in [0.2, 0.25) is 0 Å². The topological polar surface area (TPSA) is 47.7 Å². The summed E-state index contributed by atoms with van der Waals surface area (Å²) < 4.78 is 10.7. The molecule has 0 saturated carbocycles. The van der Waals surface area contributed by atoms with Crippen LogP contribution >= 0.6 is 0 Å². The van der Waals surface area contributed by atoms with Crippen molar-refractivity contribution >= 4 is 11.4 Å². The van der Waals surface area contributed by atoms with E-state index in [0.717, 1.165) is 25.4 Å². The van der Waals surface area contributed by atoms with Crippen molar-refractivity contribution in [1.29, 1.82) is 0 Å². The lowest BCUT2D eigenvalue weighted by Gasteiger charge is -2.34. The van der Waals surface area contributed by atoms with Crippen LogP contribution in [0, 0.1) is 0 Å². The SMILES string of the molecule is COC[C@@H]1CN(c2ccc(N)cc2)CCO1. The monoisotopic (exact) mass is 222 g/mol. The Bertz CT molecular complexity index is 324. The van der Waals surface area contributed by atoms with Gasteiger partial charge in [0.15, 0.2) is 0 Å². The number of nitrogens with zero attached hydrogens (tertiary/aromatic N) is 1. The smallest absolute Gasteiger partial charge is 0.0983 e. The average Bonchev–Trinajstić information content (AvgIpc) is 2.31. The highest BCUT2D eigenvalue weighted by Gasteiger charge is 2.20. The Balaban J connectivity index is 2.01. The average molecular weight is 222 g/mol. The van der Waals surface area contributed by atoms with Gasteiger partial charge >= 0.3 is 0 Å².